The highest BCUT2D eigenvalue weighted by molar-refractivity contribution is 6.30. The van der Waals surface area contributed by atoms with Crippen LogP contribution in [0.5, 0.6) is 5.75 Å². The lowest BCUT2D eigenvalue weighted by Crippen LogP contribution is -2.11. The minimum Gasteiger partial charge on any atom is -0.491 e. The average molecular weight is 241 g/mol. The van der Waals surface area contributed by atoms with Gasteiger partial charge in [-0.2, -0.15) is 0 Å². The number of halogens is 1. The van der Waals surface area contributed by atoms with E-state index >= 15 is 0 Å². The summed E-state index contributed by atoms with van der Waals surface area (Å²) in [7, 11) is 0. The van der Waals surface area contributed by atoms with E-state index in [-0.39, 0.29) is 6.10 Å². The first-order valence-corrected chi connectivity index (χ1v) is 6.52. The molecule has 0 fully saturated rings. The Balaban J connectivity index is 2.23. The molecule has 0 N–H and O–H groups in total. The third kappa shape index (κ3) is 5.41. The fourth-order valence-corrected chi connectivity index (χ4v) is 1.79. The predicted molar refractivity (Wildman–Crippen MR) is 70.3 cm³/mol. The maximum Gasteiger partial charge on any atom is 0.119 e. The monoisotopic (exact) mass is 240 g/mol. The lowest BCUT2D eigenvalue weighted by Gasteiger charge is -2.14. The summed E-state index contributed by atoms with van der Waals surface area (Å²) in [5.74, 6) is 0.910. The first-order valence-electron chi connectivity index (χ1n) is 6.14. The number of benzene rings is 1. The molecule has 0 heterocycles. The van der Waals surface area contributed by atoms with Crippen molar-refractivity contribution >= 4 is 11.6 Å². The number of ether oxygens (including phenoxy) is 1. The Morgan fingerprint density at radius 3 is 2.44 bits per heavy atom. The van der Waals surface area contributed by atoms with Crippen LogP contribution in [-0.2, 0) is 0 Å². The zero-order valence-corrected chi connectivity index (χ0v) is 11.0. The van der Waals surface area contributed by atoms with Gasteiger partial charge >= 0.3 is 0 Å². The molecule has 1 rings (SSSR count). The third-order valence-corrected chi connectivity index (χ3v) is 2.87. The van der Waals surface area contributed by atoms with Gasteiger partial charge in [0.1, 0.15) is 5.75 Å². The van der Waals surface area contributed by atoms with E-state index in [1.807, 2.05) is 24.3 Å². The van der Waals surface area contributed by atoms with E-state index in [1.54, 1.807) is 0 Å². The van der Waals surface area contributed by atoms with Crippen molar-refractivity contribution in [2.45, 2.75) is 52.1 Å². The summed E-state index contributed by atoms with van der Waals surface area (Å²) in [5, 5.41) is 0.753. The maximum atomic E-state index is 5.81. The third-order valence-electron chi connectivity index (χ3n) is 2.62. The Labute approximate surface area is 104 Å². The Kier molecular flexibility index (Phi) is 6.32. The molecule has 0 bridgehead atoms. The van der Waals surface area contributed by atoms with Crippen LogP contribution in [0, 0.1) is 0 Å². The van der Waals surface area contributed by atoms with Crippen LogP contribution in [0.15, 0.2) is 24.3 Å². The van der Waals surface area contributed by atoms with Crippen LogP contribution in [0.4, 0.5) is 0 Å². The van der Waals surface area contributed by atoms with E-state index in [0.717, 1.165) is 17.2 Å². The molecule has 0 spiro atoms. The molecule has 1 aromatic carbocycles. The van der Waals surface area contributed by atoms with Gasteiger partial charge in [-0.15, -0.1) is 0 Å². The molecule has 0 saturated heterocycles. The fraction of sp³-hybridized carbons (Fsp3) is 0.571. The van der Waals surface area contributed by atoms with Crippen LogP contribution in [0.1, 0.15) is 46.0 Å². The van der Waals surface area contributed by atoms with Gasteiger partial charge in [0.25, 0.3) is 0 Å². The lowest BCUT2D eigenvalue weighted by atomic mass is 10.1. The molecule has 1 atom stereocenters. The average Bonchev–Trinajstić information content (AvgIpc) is 2.28. The summed E-state index contributed by atoms with van der Waals surface area (Å²) in [5.41, 5.74) is 0. The first kappa shape index (κ1) is 13.4. The molecule has 0 aliphatic heterocycles. The van der Waals surface area contributed by atoms with Gasteiger partial charge in [0.05, 0.1) is 6.10 Å². The molecule has 16 heavy (non-hydrogen) atoms. The molecule has 1 unspecified atom stereocenters. The second-order valence-electron chi connectivity index (χ2n) is 4.23. The molecular formula is C14H21ClO. The predicted octanol–water partition coefficient (Wildman–Crippen LogP) is 5.08. The van der Waals surface area contributed by atoms with Crippen molar-refractivity contribution in [3.05, 3.63) is 29.3 Å². The van der Waals surface area contributed by atoms with Crippen LogP contribution >= 0.6 is 11.6 Å². The molecule has 0 aromatic heterocycles. The lowest BCUT2D eigenvalue weighted by molar-refractivity contribution is 0.206. The van der Waals surface area contributed by atoms with Gasteiger partial charge in [0.15, 0.2) is 0 Å². The second-order valence-corrected chi connectivity index (χ2v) is 4.67. The maximum absolute atomic E-state index is 5.81. The highest BCUT2D eigenvalue weighted by Gasteiger charge is 2.03. The largest absolute Gasteiger partial charge is 0.491 e. The highest BCUT2D eigenvalue weighted by atomic mass is 35.5. The molecule has 90 valence electrons. The molecular weight excluding hydrogens is 220 g/mol. The van der Waals surface area contributed by atoms with Crippen molar-refractivity contribution in [3.8, 4) is 5.75 Å². The Hall–Kier alpha value is -0.690. The Morgan fingerprint density at radius 1 is 1.12 bits per heavy atom. The van der Waals surface area contributed by atoms with E-state index in [2.05, 4.69) is 13.8 Å². The molecule has 1 nitrogen and oxygen atoms in total. The zero-order chi connectivity index (χ0) is 11.8. The smallest absolute Gasteiger partial charge is 0.119 e. The standard InChI is InChI=1S/C14H21ClO/c1-3-4-5-6-7-12(2)16-14-10-8-13(15)9-11-14/h8-12H,3-7H2,1-2H3. The van der Waals surface area contributed by atoms with E-state index in [9.17, 15) is 0 Å². The van der Waals surface area contributed by atoms with Gasteiger partial charge in [0, 0.05) is 5.02 Å². The molecule has 0 aliphatic rings. The van der Waals surface area contributed by atoms with Crippen molar-refractivity contribution in [2.24, 2.45) is 0 Å². The SMILES string of the molecule is CCCCCCC(C)Oc1ccc(Cl)cc1. The van der Waals surface area contributed by atoms with Crippen molar-refractivity contribution in [1.29, 1.82) is 0 Å². The van der Waals surface area contributed by atoms with Gasteiger partial charge in [0.2, 0.25) is 0 Å². The minimum absolute atomic E-state index is 0.290. The molecule has 2 heteroatoms. The van der Waals surface area contributed by atoms with Crippen molar-refractivity contribution in [2.75, 3.05) is 0 Å². The van der Waals surface area contributed by atoms with Gasteiger partial charge in [-0.25, -0.2) is 0 Å². The molecule has 0 aliphatic carbocycles. The number of rotatable bonds is 7. The Bertz CT molecular complexity index is 281. The Morgan fingerprint density at radius 2 is 1.81 bits per heavy atom. The molecule has 0 amide bonds. The summed E-state index contributed by atoms with van der Waals surface area (Å²) in [4.78, 5) is 0. The molecule has 0 radical (unpaired) electrons. The highest BCUT2D eigenvalue weighted by Crippen LogP contribution is 2.18. The first-order chi connectivity index (χ1) is 7.72. The molecule has 1 aromatic rings. The van der Waals surface area contributed by atoms with Crippen molar-refractivity contribution in [1.82, 2.24) is 0 Å². The normalized spacial score (nSPS) is 12.4. The fourth-order valence-electron chi connectivity index (χ4n) is 1.66. The van der Waals surface area contributed by atoms with Crippen LogP contribution in [0.2, 0.25) is 5.02 Å². The summed E-state index contributed by atoms with van der Waals surface area (Å²) in [6.07, 6.45) is 6.59. The van der Waals surface area contributed by atoms with Crippen molar-refractivity contribution < 1.29 is 4.74 Å². The number of unbranched alkanes of at least 4 members (excludes halogenated alkanes) is 3. The van der Waals surface area contributed by atoms with Crippen molar-refractivity contribution in [3.63, 3.8) is 0 Å². The summed E-state index contributed by atoms with van der Waals surface area (Å²) < 4.78 is 5.79. The van der Waals surface area contributed by atoms with Crippen LogP contribution in [0.3, 0.4) is 0 Å². The minimum atomic E-state index is 0.290. The van der Waals surface area contributed by atoms with Gasteiger partial charge in [-0.3, -0.25) is 0 Å². The molecule has 0 saturated carbocycles. The van der Waals surface area contributed by atoms with E-state index < -0.39 is 0 Å². The van der Waals surface area contributed by atoms with E-state index in [4.69, 9.17) is 16.3 Å². The van der Waals surface area contributed by atoms with Gasteiger partial charge in [-0.1, -0.05) is 37.8 Å². The van der Waals surface area contributed by atoms with Gasteiger partial charge < -0.3 is 4.74 Å². The summed E-state index contributed by atoms with van der Waals surface area (Å²) >= 11 is 5.81. The summed E-state index contributed by atoms with van der Waals surface area (Å²) in [6.45, 7) is 4.36. The zero-order valence-electron chi connectivity index (χ0n) is 10.2. The van der Waals surface area contributed by atoms with Crippen LogP contribution in [0.25, 0.3) is 0 Å². The summed E-state index contributed by atoms with van der Waals surface area (Å²) in [6, 6.07) is 7.57. The van der Waals surface area contributed by atoms with E-state index in [0.29, 0.717) is 0 Å². The van der Waals surface area contributed by atoms with E-state index in [1.165, 1.54) is 25.7 Å². The topological polar surface area (TPSA) is 9.23 Å². The second kappa shape index (κ2) is 7.56. The van der Waals surface area contributed by atoms with Crippen LogP contribution < -0.4 is 4.74 Å². The van der Waals surface area contributed by atoms with Crippen LogP contribution in [-0.4, -0.2) is 6.10 Å². The van der Waals surface area contributed by atoms with Gasteiger partial charge in [-0.05, 0) is 44.0 Å². The number of hydrogen-bond acceptors (Lipinski definition) is 1. The quantitative estimate of drug-likeness (QED) is 0.604. The number of hydrogen-bond donors (Lipinski definition) is 0.